The molecular formula is C20H23NO4. The van der Waals surface area contributed by atoms with Crippen molar-refractivity contribution in [2.24, 2.45) is 11.8 Å². The quantitative estimate of drug-likeness (QED) is 0.805. The molecule has 2 atom stereocenters. The van der Waals surface area contributed by atoms with Gasteiger partial charge in [-0.15, -0.1) is 0 Å². The van der Waals surface area contributed by atoms with Crippen molar-refractivity contribution in [3.63, 3.8) is 0 Å². The van der Waals surface area contributed by atoms with Gasteiger partial charge in [0.1, 0.15) is 11.3 Å². The Hall–Kier alpha value is -2.30. The summed E-state index contributed by atoms with van der Waals surface area (Å²) in [5, 5.41) is 0.831. The minimum atomic E-state index is -0.393. The third-order valence-electron chi connectivity index (χ3n) is 5.60. The molecule has 1 saturated carbocycles. The van der Waals surface area contributed by atoms with Gasteiger partial charge in [-0.25, -0.2) is 4.79 Å². The van der Waals surface area contributed by atoms with Gasteiger partial charge < -0.3 is 14.1 Å². The predicted molar refractivity (Wildman–Crippen MR) is 94.6 cm³/mol. The molecule has 1 aliphatic heterocycles. The van der Waals surface area contributed by atoms with E-state index < -0.39 is 5.63 Å². The molecule has 2 fully saturated rings. The number of carbonyl (C=O) groups excluding carboxylic acids is 1. The Labute approximate surface area is 146 Å². The molecule has 1 amide bonds. The number of likely N-dealkylation sites (tertiary alicyclic amines) is 1. The number of benzene rings is 1. The second-order valence-electron chi connectivity index (χ2n) is 7.18. The van der Waals surface area contributed by atoms with E-state index in [-0.39, 0.29) is 12.5 Å². The topological polar surface area (TPSA) is 59.8 Å². The van der Waals surface area contributed by atoms with Crippen LogP contribution in [-0.2, 0) is 4.79 Å². The molecule has 25 heavy (non-hydrogen) atoms. The van der Waals surface area contributed by atoms with E-state index in [9.17, 15) is 9.59 Å². The Morgan fingerprint density at radius 3 is 2.80 bits per heavy atom. The molecule has 1 aromatic heterocycles. The van der Waals surface area contributed by atoms with E-state index in [1.54, 1.807) is 18.2 Å². The van der Waals surface area contributed by atoms with Gasteiger partial charge in [0.15, 0.2) is 6.61 Å². The summed E-state index contributed by atoms with van der Waals surface area (Å²) in [5.74, 6) is 2.06. The van der Waals surface area contributed by atoms with Crippen LogP contribution in [-0.4, -0.2) is 30.5 Å². The van der Waals surface area contributed by atoms with Crippen molar-refractivity contribution in [1.29, 1.82) is 0 Å². The first-order valence-electron chi connectivity index (χ1n) is 9.13. The van der Waals surface area contributed by atoms with Gasteiger partial charge in [0.05, 0.1) is 0 Å². The maximum absolute atomic E-state index is 12.5. The maximum atomic E-state index is 12.5. The summed E-state index contributed by atoms with van der Waals surface area (Å²) in [6, 6.07) is 8.39. The number of rotatable bonds is 3. The van der Waals surface area contributed by atoms with Crippen molar-refractivity contribution < 1.29 is 13.9 Å². The number of piperidine rings is 1. The molecule has 0 radical (unpaired) electrons. The van der Waals surface area contributed by atoms with Crippen LogP contribution in [0.2, 0.25) is 0 Å². The van der Waals surface area contributed by atoms with Gasteiger partial charge >= 0.3 is 5.63 Å². The largest absolute Gasteiger partial charge is 0.484 e. The van der Waals surface area contributed by atoms with E-state index in [0.29, 0.717) is 17.3 Å². The average Bonchev–Trinajstić information content (AvgIpc) is 2.65. The van der Waals surface area contributed by atoms with Gasteiger partial charge in [0.2, 0.25) is 0 Å². The van der Waals surface area contributed by atoms with Crippen LogP contribution in [0.5, 0.6) is 5.75 Å². The maximum Gasteiger partial charge on any atom is 0.336 e. The lowest BCUT2D eigenvalue weighted by Crippen LogP contribution is -2.46. The monoisotopic (exact) mass is 341 g/mol. The molecule has 2 aliphatic rings. The van der Waals surface area contributed by atoms with E-state index in [1.807, 2.05) is 11.0 Å². The Morgan fingerprint density at radius 2 is 1.92 bits per heavy atom. The Bertz CT molecular complexity index is 828. The summed E-state index contributed by atoms with van der Waals surface area (Å²) in [6.45, 7) is 1.75. The molecule has 1 aliphatic carbocycles. The predicted octanol–water partition coefficient (Wildman–Crippen LogP) is 3.21. The van der Waals surface area contributed by atoms with Crippen molar-refractivity contribution in [1.82, 2.24) is 4.90 Å². The smallest absolute Gasteiger partial charge is 0.336 e. The van der Waals surface area contributed by atoms with Gasteiger partial charge in [-0.3, -0.25) is 4.79 Å². The molecule has 5 nitrogen and oxygen atoms in total. The molecule has 1 saturated heterocycles. The molecule has 1 aromatic carbocycles. The van der Waals surface area contributed by atoms with Crippen LogP contribution >= 0.6 is 0 Å². The van der Waals surface area contributed by atoms with Crippen LogP contribution in [0.15, 0.2) is 39.5 Å². The highest BCUT2D eigenvalue weighted by molar-refractivity contribution is 5.79. The Kier molecular flexibility index (Phi) is 4.47. The lowest BCUT2D eigenvalue weighted by atomic mass is 9.75. The van der Waals surface area contributed by atoms with Gasteiger partial charge in [-0.1, -0.05) is 19.3 Å². The minimum Gasteiger partial charge on any atom is -0.484 e. The standard InChI is InChI=1S/C20H23NO4/c22-19(21-10-9-14-3-1-2-4-16(14)12-21)13-24-17-7-5-15-6-8-20(23)25-18(15)11-17/h5-8,11,14,16H,1-4,9-10,12-13H2. The number of fused-ring (bicyclic) bond motifs is 2. The highest BCUT2D eigenvalue weighted by Crippen LogP contribution is 2.36. The molecule has 2 heterocycles. The summed E-state index contributed by atoms with van der Waals surface area (Å²) in [7, 11) is 0. The highest BCUT2D eigenvalue weighted by atomic mass is 16.5. The molecule has 4 rings (SSSR count). The van der Waals surface area contributed by atoms with Gasteiger partial charge in [0.25, 0.3) is 5.91 Å². The van der Waals surface area contributed by atoms with Crippen LogP contribution in [0.25, 0.3) is 11.0 Å². The van der Waals surface area contributed by atoms with Crippen LogP contribution < -0.4 is 10.4 Å². The Morgan fingerprint density at radius 1 is 1.12 bits per heavy atom. The van der Waals surface area contributed by atoms with Gasteiger partial charge in [-0.2, -0.15) is 0 Å². The summed E-state index contributed by atoms with van der Waals surface area (Å²) in [6.07, 6.45) is 6.33. The minimum absolute atomic E-state index is 0.0277. The molecule has 0 N–H and O–H groups in total. The van der Waals surface area contributed by atoms with E-state index in [0.717, 1.165) is 30.8 Å². The highest BCUT2D eigenvalue weighted by Gasteiger charge is 2.32. The van der Waals surface area contributed by atoms with Gasteiger partial charge in [0, 0.05) is 30.6 Å². The molecule has 2 unspecified atom stereocenters. The Balaban J connectivity index is 1.37. The van der Waals surface area contributed by atoms with Crippen molar-refractivity contribution >= 4 is 16.9 Å². The van der Waals surface area contributed by atoms with Crippen molar-refractivity contribution in [3.8, 4) is 5.75 Å². The number of amides is 1. The van der Waals surface area contributed by atoms with Crippen molar-refractivity contribution in [2.45, 2.75) is 32.1 Å². The SMILES string of the molecule is O=C(COc1ccc2ccc(=O)oc2c1)N1CCC2CCCCC2C1. The van der Waals surface area contributed by atoms with Crippen LogP contribution in [0.1, 0.15) is 32.1 Å². The second kappa shape index (κ2) is 6.90. The molecule has 5 heteroatoms. The number of ether oxygens (including phenoxy) is 1. The van der Waals surface area contributed by atoms with E-state index >= 15 is 0 Å². The summed E-state index contributed by atoms with van der Waals surface area (Å²) >= 11 is 0. The first kappa shape index (κ1) is 16.2. The molecule has 0 bridgehead atoms. The number of hydrogen-bond donors (Lipinski definition) is 0. The lowest BCUT2D eigenvalue weighted by molar-refractivity contribution is -0.136. The lowest BCUT2D eigenvalue weighted by Gasteiger charge is -2.41. The normalized spacial score (nSPS) is 23.3. The first-order valence-corrected chi connectivity index (χ1v) is 9.13. The zero-order valence-electron chi connectivity index (χ0n) is 14.3. The van der Waals surface area contributed by atoms with Gasteiger partial charge in [-0.05, 0) is 42.9 Å². The third kappa shape index (κ3) is 3.55. The summed E-state index contributed by atoms with van der Waals surface area (Å²) in [5.41, 5.74) is 0.0801. The fourth-order valence-corrected chi connectivity index (χ4v) is 4.19. The van der Waals surface area contributed by atoms with Crippen LogP contribution in [0.4, 0.5) is 0 Å². The second-order valence-corrected chi connectivity index (χ2v) is 7.18. The van der Waals surface area contributed by atoms with E-state index in [4.69, 9.17) is 9.15 Å². The van der Waals surface area contributed by atoms with E-state index in [1.165, 1.54) is 31.7 Å². The zero-order valence-corrected chi connectivity index (χ0v) is 14.3. The van der Waals surface area contributed by atoms with Crippen LogP contribution in [0.3, 0.4) is 0 Å². The molecular weight excluding hydrogens is 318 g/mol. The number of nitrogens with zero attached hydrogens (tertiary/aromatic N) is 1. The third-order valence-corrected chi connectivity index (χ3v) is 5.60. The summed E-state index contributed by atoms with van der Waals surface area (Å²) in [4.78, 5) is 25.8. The van der Waals surface area contributed by atoms with E-state index in [2.05, 4.69) is 0 Å². The number of carbonyl (C=O) groups is 1. The molecule has 2 aromatic rings. The van der Waals surface area contributed by atoms with Crippen molar-refractivity contribution in [3.05, 3.63) is 40.8 Å². The fraction of sp³-hybridized carbons (Fsp3) is 0.500. The van der Waals surface area contributed by atoms with Crippen LogP contribution in [0, 0.1) is 11.8 Å². The summed E-state index contributed by atoms with van der Waals surface area (Å²) < 4.78 is 10.8. The fourth-order valence-electron chi connectivity index (χ4n) is 4.19. The zero-order chi connectivity index (χ0) is 17.2. The first-order chi connectivity index (χ1) is 12.2. The number of hydrogen-bond acceptors (Lipinski definition) is 4. The molecule has 132 valence electrons. The van der Waals surface area contributed by atoms with Crippen molar-refractivity contribution in [2.75, 3.05) is 19.7 Å². The average molecular weight is 341 g/mol. The molecule has 0 spiro atoms.